The quantitative estimate of drug-likeness (QED) is 0.847. The Hall–Kier alpha value is -2.54. The second kappa shape index (κ2) is 6.58. The van der Waals surface area contributed by atoms with Gasteiger partial charge in [-0.05, 0) is 24.3 Å². The molecule has 0 aliphatic heterocycles. The third-order valence-corrected chi connectivity index (χ3v) is 3.05. The molecule has 0 aliphatic carbocycles. The number of para-hydroxylation sites is 1. The molecule has 0 saturated heterocycles. The van der Waals surface area contributed by atoms with Crippen LogP contribution in [0.25, 0.3) is 0 Å². The number of hydrogen-bond acceptors (Lipinski definition) is 3. The molecule has 0 atom stereocenters. The number of benzene rings is 2. The summed E-state index contributed by atoms with van der Waals surface area (Å²) in [6.07, 6.45) is 0.394. The molecule has 102 valence electrons. The van der Waals surface area contributed by atoms with Gasteiger partial charge >= 0.3 is 0 Å². The number of halogens is 1. The summed E-state index contributed by atoms with van der Waals surface area (Å²) in [5, 5.41) is 8.75. The smallest absolute Gasteiger partial charge is 0.130 e. The highest BCUT2D eigenvalue weighted by Crippen LogP contribution is 2.20. The van der Waals surface area contributed by atoms with Gasteiger partial charge in [-0.1, -0.05) is 24.3 Å². The molecule has 3 nitrogen and oxygen atoms in total. The van der Waals surface area contributed by atoms with E-state index in [0.717, 1.165) is 5.69 Å². The van der Waals surface area contributed by atoms with E-state index in [-0.39, 0.29) is 5.82 Å². The van der Waals surface area contributed by atoms with Gasteiger partial charge in [-0.3, -0.25) is 0 Å². The second-order valence-electron chi connectivity index (χ2n) is 4.52. The molecule has 2 aromatic rings. The molecule has 0 amide bonds. The van der Waals surface area contributed by atoms with Gasteiger partial charge in [-0.15, -0.1) is 0 Å². The van der Waals surface area contributed by atoms with Crippen LogP contribution in [0, 0.1) is 17.1 Å². The number of nitriles is 1. The predicted molar refractivity (Wildman–Crippen MR) is 78.5 cm³/mol. The van der Waals surface area contributed by atoms with E-state index in [0.29, 0.717) is 30.8 Å². The molecular weight excluding hydrogens is 253 g/mol. The van der Waals surface area contributed by atoms with E-state index in [1.54, 1.807) is 12.1 Å². The Labute approximate surface area is 118 Å². The molecule has 0 saturated carbocycles. The van der Waals surface area contributed by atoms with Crippen molar-refractivity contribution < 1.29 is 4.39 Å². The lowest BCUT2D eigenvalue weighted by molar-refractivity contribution is 0.605. The van der Waals surface area contributed by atoms with Gasteiger partial charge in [-0.2, -0.15) is 5.26 Å². The molecule has 2 aromatic carbocycles. The maximum absolute atomic E-state index is 13.9. The van der Waals surface area contributed by atoms with E-state index >= 15 is 0 Å². The van der Waals surface area contributed by atoms with Gasteiger partial charge in [0.15, 0.2) is 0 Å². The zero-order valence-electron chi connectivity index (χ0n) is 11.1. The Balaban J connectivity index is 2.22. The van der Waals surface area contributed by atoms with Crippen LogP contribution < -0.4 is 10.6 Å². The molecule has 2 rings (SSSR count). The monoisotopic (exact) mass is 269 g/mol. The van der Waals surface area contributed by atoms with Crippen molar-refractivity contribution in [3.63, 3.8) is 0 Å². The topological polar surface area (TPSA) is 53.0 Å². The molecule has 0 aliphatic rings. The van der Waals surface area contributed by atoms with Gasteiger partial charge in [0, 0.05) is 30.0 Å². The van der Waals surface area contributed by atoms with Crippen molar-refractivity contribution in [3.05, 3.63) is 59.9 Å². The van der Waals surface area contributed by atoms with Crippen LogP contribution in [0.15, 0.2) is 48.5 Å². The van der Waals surface area contributed by atoms with Gasteiger partial charge in [0.1, 0.15) is 5.82 Å². The van der Waals surface area contributed by atoms with Crippen molar-refractivity contribution in [2.24, 2.45) is 0 Å². The Morgan fingerprint density at radius 3 is 2.55 bits per heavy atom. The van der Waals surface area contributed by atoms with Crippen molar-refractivity contribution in [1.82, 2.24) is 0 Å². The van der Waals surface area contributed by atoms with Crippen LogP contribution in [0.4, 0.5) is 15.8 Å². The summed E-state index contributed by atoms with van der Waals surface area (Å²) in [5.41, 5.74) is 7.51. The molecule has 0 heterocycles. The molecule has 0 unspecified atom stereocenters. The van der Waals surface area contributed by atoms with E-state index < -0.39 is 0 Å². The second-order valence-corrected chi connectivity index (χ2v) is 4.52. The third kappa shape index (κ3) is 3.48. The highest BCUT2D eigenvalue weighted by Gasteiger charge is 2.10. The van der Waals surface area contributed by atoms with Crippen LogP contribution in [0.5, 0.6) is 0 Å². The van der Waals surface area contributed by atoms with Crippen molar-refractivity contribution in [2.75, 3.05) is 17.2 Å². The summed E-state index contributed by atoms with van der Waals surface area (Å²) in [4.78, 5) is 1.98. The normalized spacial score (nSPS) is 10.0. The fourth-order valence-corrected chi connectivity index (χ4v) is 2.02. The number of anilines is 2. The highest BCUT2D eigenvalue weighted by atomic mass is 19.1. The lowest BCUT2D eigenvalue weighted by Gasteiger charge is -2.24. The molecule has 0 fully saturated rings. The van der Waals surface area contributed by atoms with Crippen LogP contribution in [0.1, 0.15) is 12.0 Å². The minimum absolute atomic E-state index is 0.317. The molecule has 0 bridgehead atoms. The van der Waals surface area contributed by atoms with Gasteiger partial charge in [0.25, 0.3) is 0 Å². The molecule has 0 aromatic heterocycles. The Bertz CT molecular complexity index is 605. The standard InChI is InChI=1S/C16H16FN3/c17-16-11-14(19)8-7-13(16)12-20(10-4-9-18)15-5-2-1-3-6-15/h1-3,5-8,11H,4,10,12,19H2. The Morgan fingerprint density at radius 2 is 1.90 bits per heavy atom. The summed E-state index contributed by atoms with van der Waals surface area (Å²) in [7, 11) is 0. The number of nitrogen functional groups attached to an aromatic ring is 1. The first kappa shape index (κ1) is 13.9. The van der Waals surface area contributed by atoms with Gasteiger partial charge in [0.05, 0.1) is 12.5 Å². The number of nitrogens with zero attached hydrogens (tertiary/aromatic N) is 2. The molecule has 2 N–H and O–H groups in total. The number of hydrogen-bond donors (Lipinski definition) is 1. The van der Waals surface area contributed by atoms with Gasteiger partial charge < -0.3 is 10.6 Å². The lowest BCUT2D eigenvalue weighted by atomic mass is 10.1. The largest absolute Gasteiger partial charge is 0.399 e. The van der Waals surface area contributed by atoms with Crippen molar-refractivity contribution in [3.8, 4) is 6.07 Å². The molecule has 20 heavy (non-hydrogen) atoms. The van der Waals surface area contributed by atoms with Crippen LogP contribution in [0.3, 0.4) is 0 Å². The van der Waals surface area contributed by atoms with E-state index in [2.05, 4.69) is 6.07 Å². The number of nitrogens with two attached hydrogens (primary N) is 1. The zero-order chi connectivity index (χ0) is 14.4. The maximum Gasteiger partial charge on any atom is 0.130 e. The summed E-state index contributed by atoms with van der Waals surface area (Å²) < 4.78 is 13.9. The molecular formula is C16H16FN3. The summed E-state index contributed by atoms with van der Waals surface area (Å²) in [6, 6.07) is 16.5. The first-order valence-corrected chi connectivity index (χ1v) is 6.41. The minimum Gasteiger partial charge on any atom is -0.399 e. The van der Waals surface area contributed by atoms with E-state index in [1.165, 1.54) is 6.07 Å². The average Bonchev–Trinajstić information content (AvgIpc) is 2.46. The minimum atomic E-state index is -0.317. The maximum atomic E-state index is 13.9. The molecule has 0 radical (unpaired) electrons. The lowest BCUT2D eigenvalue weighted by Crippen LogP contribution is -2.24. The first-order chi connectivity index (χ1) is 9.70. The SMILES string of the molecule is N#CCCN(Cc1ccc(N)cc1F)c1ccccc1. The first-order valence-electron chi connectivity index (χ1n) is 6.41. The Morgan fingerprint density at radius 1 is 1.15 bits per heavy atom. The van der Waals surface area contributed by atoms with Crippen LogP contribution in [0.2, 0.25) is 0 Å². The highest BCUT2D eigenvalue weighted by molar-refractivity contribution is 5.48. The number of rotatable bonds is 5. The van der Waals surface area contributed by atoms with E-state index in [9.17, 15) is 4.39 Å². The van der Waals surface area contributed by atoms with Gasteiger partial charge in [0.2, 0.25) is 0 Å². The fraction of sp³-hybridized carbons (Fsp3) is 0.188. The fourth-order valence-electron chi connectivity index (χ4n) is 2.02. The van der Waals surface area contributed by atoms with Crippen molar-refractivity contribution in [1.29, 1.82) is 5.26 Å². The predicted octanol–water partition coefficient (Wildman–Crippen LogP) is 3.33. The van der Waals surface area contributed by atoms with Crippen LogP contribution in [-0.4, -0.2) is 6.54 Å². The van der Waals surface area contributed by atoms with Crippen molar-refractivity contribution >= 4 is 11.4 Å². The third-order valence-electron chi connectivity index (χ3n) is 3.05. The van der Waals surface area contributed by atoms with Gasteiger partial charge in [-0.25, -0.2) is 4.39 Å². The van der Waals surface area contributed by atoms with E-state index in [1.807, 2.05) is 35.2 Å². The average molecular weight is 269 g/mol. The zero-order valence-corrected chi connectivity index (χ0v) is 11.1. The molecule has 4 heteroatoms. The van der Waals surface area contributed by atoms with Crippen LogP contribution >= 0.6 is 0 Å². The van der Waals surface area contributed by atoms with E-state index in [4.69, 9.17) is 11.0 Å². The summed E-state index contributed by atoms with van der Waals surface area (Å²) in [5.74, 6) is -0.317. The Kier molecular flexibility index (Phi) is 4.56. The molecule has 0 spiro atoms. The summed E-state index contributed by atoms with van der Waals surface area (Å²) >= 11 is 0. The van der Waals surface area contributed by atoms with Crippen molar-refractivity contribution in [2.45, 2.75) is 13.0 Å². The van der Waals surface area contributed by atoms with Crippen LogP contribution in [-0.2, 0) is 6.54 Å². The summed E-state index contributed by atoms with van der Waals surface area (Å²) in [6.45, 7) is 0.974.